The largest absolute Gasteiger partial charge is 0.493 e. The summed E-state index contributed by atoms with van der Waals surface area (Å²) in [6.45, 7) is 4.19. The van der Waals surface area contributed by atoms with Gasteiger partial charge in [0.15, 0.2) is 11.5 Å². The number of hydrogen-bond acceptors (Lipinski definition) is 2. The minimum Gasteiger partial charge on any atom is -0.493 e. The molecule has 121 valence electrons. The Morgan fingerprint density at radius 2 is 1.57 bits per heavy atom. The molecule has 0 aliphatic carbocycles. The molecule has 0 aromatic heterocycles. The zero-order valence-electron chi connectivity index (χ0n) is 13.8. The van der Waals surface area contributed by atoms with E-state index in [1.165, 1.54) is 5.56 Å². The maximum absolute atomic E-state index is 5.41. The van der Waals surface area contributed by atoms with Crippen molar-refractivity contribution in [2.75, 3.05) is 14.2 Å². The summed E-state index contributed by atoms with van der Waals surface area (Å²) < 4.78 is 10.8. The summed E-state index contributed by atoms with van der Waals surface area (Å²) in [5, 5.41) is 4.82. The zero-order valence-corrected chi connectivity index (χ0v) is 14.6. The first-order valence-corrected chi connectivity index (χ1v) is 7.38. The number of methoxy groups -OCH3 is 2. The molecule has 1 atom stereocenters. The number of fused-ring (bicyclic) bond motifs is 1. The van der Waals surface area contributed by atoms with Gasteiger partial charge in [0.25, 0.3) is 0 Å². The summed E-state index contributed by atoms with van der Waals surface area (Å²) in [4.78, 5) is 0. The third-order valence-electron chi connectivity index (χ3n) is 4.01. The van der Waals surface area contributed by atoms with Crippen LogP contribution in [0.5, 0.6) is 11.5 Å². The Hall–Kier alpha value is -2.13. The van der Waals surface area contributed by atoms with Gasteiger partial charge in [-0.1, -0.05) is 29.8 Å². The molecule has 3 rings (SSSR count). The van der Waals surface area contributed by atoms with Crippen LogP contribution in [0.3, 0.4) is 0 Å². The van der Waals surface area contributed by atoms with Crippen LogP contribution in [0.25, 0.3) is 11.8 Å². The van der Waals surface area contributed by atoms with E-state index in [4.69, 9.17) is 14.8 Å². The molecule has 1 radical (unpaired) electrons. The van der Waals surface area contributed by atoms with Crippen molar-refractivity contribution in [2.24, 2.45) is 0 Å². The first kappa shape index (κ1) is 17.2. The van der Waals surface area contributed by atoms with E-state index in [-0.39, 0.29) is 18.4 Å². The van der Waals surface area contributed by atoms with Gasteiger partial charge in [-0.2, -0.15) is 0 Å². The molecule has 0 bridgehead atoms. The van der Waals surface area contributed by atoms with Crippen molar-refractivity contribution in [1.82, 2.24) is 5.32 Å². The van der Waals surface area contributed by atoms with Gasteiger partial charge in [-0.3, -0.25) is 5.32 Å². The number of nitrogens with zero attached hydrogens (tertiary/aromatic N) is 1. The van der Waals surface area contributed by atoms with E-state index in [0.717, 1.165) is 33.9 Å². The van der Waals surface area contributed by atoms with Gasteiger partial charge in [0.2, 0.25) is 0 Å². The van der Waals surface area contributed by atoms with E-state index in [1.807, 2.05) is 12.1 Å². The highest BCUT2D eigenvalue weighted by Crippen LogP contribution is 2.38. The molecule has 0 saturated carbocycles. The van der Waals surface area contributed by atoms with Crippen LogP contribution in [-0.2, 0) is 0 Å². The van der Waals surface area contributed by atoms with Crippen LogP contribution in [0.2, 0.25) is 0 Å². The van der Waals surface area contributed by atoms with Crippen LogP contribution in [0.15, 0.2) is 36.4 Å². The van der Waals surface area contributed by atoms with Crippen molar-refractivity contribution in [1.29, 1.82) is 0 Å². The van der Waals surface area contributed by atoms with Crippen LogP contribution in [0.1, 0.15) is 35.2 Å². The lowest BCUT2D eigenvalue weighted by Gasteiger charge is -2.24. The Labute approximate surface area is 143 Å². The molecular weight excluding hydrogens is 310 g/mol. The molecule has 0 saturated heterocycles. The Balaban J connectivity index is 0.00000192. The van der Waals surface area contributed by atoms with E-state index in [1.54, 1.807) is 14.2 Å². The van der Waals surface area contributed by atoms with Crippen molar-refractivity contribution in [3.63, 3.8) is 0 Å². The quantitative estimate of drug-likeness (QED) is 0.823. The number of rotatable bonds is 3. The van der Waals surface area contributed by atoms with Crippen molar-refractivity contribution in [3.8, 4) is 11.5 Å². The number of halogens is 1. The molecule has 3 nitrogen and oxygen atoms in total. The van der Waals surface area contributed by atoms with Gasteiger partial charge in [-0.25, -0.2) is 0 Å². The predicted octanol–water partition coefficient (Wildman–Crippen LogP) is 4.61. The van der Waals surface area contributed by atoms with Crippen molar-refractivity contribution < 1.29 is 9.47 Å². The first-order valence-electron chi connectivity index (χ1n) is 7.38. The van der Waals surface area contributed by atoms with Crippen LogP contribution in [-0.4, -0.2) is 14.2 Å². The number of aryl methyl sites for hydroxylation is 1. The van der Waals surface area contributed by atoms with Gasteiger partial charge in [0.1, 0.15) is 0 Å². The highest BCUT2D eigenvalue weighted by Gasteiger charge is 2.22. The Kier molecular flexibility index (Phi) is 5.22. The van der Waals surface area contributed by atoms with Crippen LogP contribution >= 0.6 is 12.4 Å². The Morgan fingerprint density at radius 3 is 2.17 bits per heavy atom. The number of hydrogen-bond donors (Lipinski definition) is 0. The van der Waals surface area contributed by atoms with Crippen LogP contribution < -0.4 is 14.8 Å². The molecule has 1 aliphatic rings. The van der Waals surface area contributed by atoms with E-state index >= 15 is 0 Å². The molecule has 0 fully saturated rings. The molecule has 1 heterocycles. The maximum atomic E-state index is 5.41. The highest BCUT2D eigenvalue weighted by molar-refractivity contribution is 5.85. The minimum atomic E-state index is 0. The molecule has 0 amide bonds. The fraction of sp³-hybridized carbons (Fsp3) is 0.263. The second kappa shape index (κ2) is 6.97. The topological polar surface area (TPSA) is 32.6 Å². The van der Waals surface area contributed by atoms with Crippen molar-refractivity contribution in [3.05, 3.63) is 58.7 Å². The number of benzene rings is 2. The molecule has 1 unspecified atom stereocenters. The summed E-state index contributed by atoms with van der Waals surface area (Å²) in [5.74, 6) is 1.49. The van der Waals surface area contributed by atoms with Gasteiger partial charge < -0.3 is 9.47 Å². The van der Waals surface area contributed by atoms with Gasteiger partial charge in [0, 0.05) is 0 Å². The summed E-state index contributed by atoms with van der Waals surface area (Å²) in [5.41, 5.74) is 5.69. The molecule has 23 heavy (non-hydrogen) atoms. The Morgan fingerprint density at radius 1 is 0.957 bits per heavy atom. The van der Waals surface area contributed by atoms with Gasteiger partial charge in [-0.05, 0) is 48.7 Å². The first-order chi connectivity index (χ1) is 10.6. The van der Waals surface area contributed by atoms with Gasteiger partial charge >= 0.3 is 0 Å². The minimum absolute atomic E-state index is 0. The van der Waals surface area contributed by atoms with Crippen LogP contribution in [0.4, 0.5) is 0 Å². The molecule has 0 N–H and O–H groups in total. The molecule has 2 aromatic carbocycles. The van der Waals surface area contributed by atoms with E-state index < -0.39 is 0 Å². The summed E-state index contributed by atoms with van der Waals surface area (Å²) in [7, 11) is 3.31. The molecule has 4 heteroatoms. The lowest BCUT2D eigenvalue weighted by molar-refractivity contribution is 0.354. The molecular formula is C19H21ClNO2. The summed E-state index contributed by atoms with van der Waals surface area (Å²) >= 11 is 0. The molecule has 1 aliphatic heterocycles. The lowest BCUT2D eigenvalue weighted by Crippen LogP contribution is -2.15. The normalized spacial score (nSPS) is 15.7. The fourth-order valence-corrected chi connectivity index (χ4v) is 2.74. The van der Waals surface area contributed by atoms with E-state index in [0.29, 0.717) is 0 Å². The van der Waals surface area contributed by atoms with Gasteiger partial charge in [-0.15, -0.1) is 12.4 Å². The van der Waals surface area contributed by atoms with Crippen LogP contribution in [0, 0.1) is 6.92 Å². The lowest BCUT2D eigenvalue weighted by atomic mass is 9.94. The predicted molar refractivity (Wildman–Crippen MR) is 96.4 cm³/mol. The highest BCUT2D eigenvalue weighted by atomic mass is 35.5. The maximum Gasteiger partial charge on any atom is 0.161 e. The smallest absolute Gasteiger partial charge is 0.161 e. The Bertz CT molecular complexity index is 723. The number of ether oxygens (including phenoxy) is 2. The third-order valence-corrected chi connectivity index (χ3v) is 4.01. The van der Waals surface area contributed by atoms with Gasteiger partial charge in [0.05, 0.1) is 26.0 Å². The average Bonchev–Trinajstić information content (AvgIpc) is 2.54. The SMILES string of the molecule is COc1cc2c(cc1OC)C(C)[N]C(c1ccc(C)cc1)=C2.Cl. The zero-order chi connectivity index (χ0) is 15.7. The molecule has 0 spiro atoms. The summed E-state index contributed by atoms with van der Waals surface area (Å²) in [6.07, 6.45) is 2.11. The third kappa shape index (κ3) is 3.30. The monoisotopic (exact) mass is 330 g/mol. The second-order valence-electron chi connectivity index (χ2n) is 5.54. The molecule has 2 aromatic rings. The fourth-order valence-electron chi connectivity index (χ4n) is 2.74. The second-order valence-corrected chi connectivity index (χ2v) is 5.54. The van der Waals surface area contributed by atoms with Crippen molar-refractivity contribution in [2.45, 2.75) is 19.9 Å². The van der Waals surface area contributed by atoms with E-state index in [2.05, 4.69) is 44.2 Å². The standard InChI is InChI=1S/C19H20NO2.ClH/c1-12-5-7-14(8-6-12)17-9-15-10-18(21-3)19(22-4)11-16(15)13(2)20-17;/h5-11,13H,1-4H3;1H. The van der Waals surface area contributed by atoms with Crippen molar-refractivity contribution >= 4 is 24.2 Å². The average molecular weight is 331 g/mol. The summed E-state index contributed by atoms with van der Waals surface area (Å²) in [6, 6.07) is 12.6. The van der Waals surface area contributed by atoms with E-state index in [9.17, 15) is 0 Å².